The van der Waals surface area contributed by atoms with Crippen LogP contribution in [0, 0.1) is 5.92 Å². The van der Waals surface area contributed by atoms with Crippen molar-refractivity contribution in [3.63, 3.8) is 0 Å². The van der Waals surface area contributed by atoms with Crippen LogP contribution in [-0.4, -0.2) is 71.1 Å². The average molecular weight is 554 g/mol. The number of aromatic amines is 1. The first-order chi connectivity index (χ1) is 20.0. The largest absolute Gasteiger partial charge is 0.480 e. The summed E-state index contributed by atoms with van der Waals surface area (Å²) in [5.41, 5.74) is 3.92. The van der Waals surface area contributed by atoms with Gasteiger partial charge in [0, 0.05) is 30.4 Å². The van der Waals surface area contributed by atoms with E-state index in [2.05, 4.69) is 25.6 Å². The molecule has 1 aliphatic heterocycles. The zero-order valence-electron chi connectivity index (χ0n) is 22.7. The molecule has 2 atom stereocenters. The monoisotopic (exact) mass is 553 g/mol. The van der Waals surface area contributed by atoms with Crippen molar-refractivity contribution in [1.82, 2.24) is 35.6 Å². The summed E-state index contributed by atoms with van der Waals surface area (Å²) < 4.78 is 0. The summed E-state index contributed by atoms with van der Waals surface area (Å²) in [5, 5.41) is 26.7. The van der Waals surface area contributed by atoms with Crippen LogP contribution < -0.4 is 0 Å². The molecule has 2 amide bonds. The van der Waals surface area contributed by atoms with Gasteiger partial charge >= 0.3 is 5.97 Å². The van der Waals surface area contributed by atoms with Gasteiger partial charge in [0.25, 0.3) is 5.91 Å². The van der Waals surface area contributed by atoms with Gasteiger partial charge < -0.3 is 5.11 Å². The number of hydrazine groups is 1. The van der Waals surface area contributed by atoms with Crippen molar-refractivity contribution in [2.45, 2.75) is 45.1 Å². The van der Waals surface area contributed by atoms with Gasteiger partial charge in [-0.25, -0.2) is 5.01 Å². The zero-order valence-corrected chi connectivity index (χ0v) is 22.7. The van der Waals surface area contributed by atoms with Crippen LogP contribution in [0.1, 0.15) is 48.5 Å². The van der Waals surface area contributed by atoms with E-state index in [1.807, 2.05) is 55.5 Å². The highest BCUT2D eigenvalue weighted by Gasteiger charge is 2.42. The van der Waals surface area contributed by atoms with Crippen LogP contribution >= 0.6 is 0 Å². The first kappa shape index (κ1) is 27.8. The Kier molecular flexibility index (Phi) is 8.54. The highest BCUT2D eigenvalue weighted by Crippen LogP contribution is 2.31. The number of rotatable bonds is 10. The number of tetrazole rings is 1. The number of benzene rings is 2. The maximum Gasteiger partial charge on any atom is 0.322 e. The predicted molar refractivity (Wildman–Crippen MR) is 150 cm³/mol. The van der Waals surface area contributed by atoms with E-state index in [0.29, 0.717) is 38.1 Å². The number of carbonyl (C=O) groups excluding carboxylic acids is 2. The Hall–Kier alpha value is -4.77. The Morgan fingerprint density at radius 1 is 1.07 bits per heavy atom. The second kappa shape index (κ2) is 12.6. The molecule has 2 aromatic heterocycles. The molecule has 5 rings (SSSR count). The maximum absolute atomic E-state index is 14.1. The molecular formula is C30H31N7O4. The quantitative estimate of drug-likeness (QED) is 0.297. The van der Waals surface area contributed by atoms with Crippen LogP contribution in [0.5, 0.6) is 0 Å². The van der Waals surface area contributed by atoms with E-state index in [1.54, 1.807) is 18.3 Å². The lowest BCUT2D eigenvalue weighted by atomic mass is 9.92. The van der Waals surface area contributed by atoms with E-state index in [-0.39, 0.29) is 5.56 Å². The minimum atomic E-state index is -1.05. The molecule has 1 aliphatic rings. The van der Waals surface area contributed by atoms with Gasteiger partial charge in [0.05, 0.1) is 5.56 Å². The number of carboxylic acid groups (broad SMARTS) is 1. The van der Waals surface area contributed by atoms with E-state index in [4.69, 9.17) is 0 Å². The van der Waals surface area contributed by atoms with Gasteiger partial charge in [-0.15, -0.1) is 10.2 Å². The average Bonchev–Trinajstić information content (AvgIpc) is 3.71. The molecule has 0 unspecified atom stereocenters. The number of carbonyl (C=O) groups is 3. The fourth-order valence-corrected chi connectivity index (χ4v) is 5.34. The topological polar surface area (TPSA) is 145 Å². The van der Waals surface area contributed by atoms with Crippen molar-refractivity contribution < 1.29 is 19.5 Å². The van der Waals surface area contributed by atoms with E-state index < -0.39 is 29.7 Å². The number of nitrogens with zero attached hydrogens (tertiary/aromatic N) is 6. The Morgan fingerprint density at radius 3 is 2.51 bits per heavy atom. The first-order valence-electron chi connectivity index (χ1n) is 13.7. The van der Waals surface area contributed by atoms with Crippen molar-refractivity contribution in [3.05, 3.63) is 84.2 Å². The van der Waals surface area contributed by atoms with Crippen LogP contribution in [-0.2, 0) is 16.0 Å². The molecule has 4 aromatic rings. The van der Waals surface area contributed by atoms with Gasteiger partial charge in [-0.1, -0.05) is 61.9 Å². The Labute approximate surface area is 237 Å². The third-order valence-corrected chi connectivity index (χ3v) is 7.32. The van der Waals surface area contributed by atoms with Crippen LogP contribution in [0.3, 0.4) is 0 Å². The summed E-state index contributed by atoms with van der Waals surface area (Å²) in [6, 6.07) is 18.0. The fourth-order valence-electron chi connectivity index (χ4n) is 5.34. The molecule has 0 saturated carbocycles. The fraction of sp³-hybridized carbons (Fsp3) is 0.300. The Balaban J connectivity index is 1.42. The van der Waals surface area contributed by atoms with Gasteiger partial charge in [-0.05, 0) is 59.7 Å². The SMILES string of the molecule is CCC[C@@H](Cc1ccc(-c2ccccc2-c2nn[nH]n2)cc1)C(=O)N(C(=O)c1cccnc1)N1CCC[C@H]1C(=O)O. The van der Waals surface area contributed by atoms with E-state index in [9.17, 15) is 19.5 Å². The van der Waals surface area contributed by atoms with Gasteiger partial charge in [0.2, 0.25) is 11.7 Å². The lowest BCUT2D eigenvalue weighted by molar-refractivity contribution is -0.157. The molecule has 1 fully saturated rings. The van der Waals surface area contributed by atoms with Crippen molar-refractivity contribution >= 4 is 17.8 Å². The zero-order chi connectivity index (χ0) is 28.8. The first-order valence-corrected chi connectivity index (χ1v) is 13.7. The smallest absolute Gasteiger partial charge is 0.322 e. The summed E-state index contributed by atoms with van der Waals surface area (Å²) in [6.07, 6.45) is 5.56. The van der Waals surface area contributed by atoms with Gasteiger partial charge in [0.1, 0.15) is 6.04 Å². The number of imide groups is 1. The van der Waals surface area contributed by atoms with Crippen LogP contribution in [0.4, 0.5) is 0 Å². The normalized spacial score (nSPS) is 15.9. The van der Waals surface area contributed by atoms with Gasteiger partial charge in [0.15, 0.2) is 0 Å². The molecule has 2 N–H and O–H groups in total. The second-order valence-corrected chi connectivity index (χ2v) is 10.0. The molecule has 0 aliphatic carbocycles. The third kappa shape index (κ3) is 6.04. The predicted octanol–water partition coefficient (Wildman–Crippen LogP) is 4.02. The minimum Gasteiger partial charge on any atom is -0.480 e. The Bertz CT molecular complexity index is 1490. The highest BCUT2D eigenvalue weighted by molar-refractivity contribution is 6.05. The summed E-state index contributed by atoms with van der Waals surface area (Å²) in [5.74, 6) is -2.04. The summed E-state index contributed by atoms with van der Waals surface area (Å²) in [7, 11) is 0. The lowest BCUT2D eigenvalue weighted by Crippen LogP contribution is -2.56. The van der Waals surface area contributed by atoms with Gasteiger partial charge in [-0.3, -0.25) is 19.4 Å². The van der Waals surface area contributed by atoms with Crippen molar-refractivity contribution in [2.75, 3.05) is 6.54 Å². The highest BCUT2D eigenvalue weighted by atomic mass is 16.4. The molecule has 0 bridgehead atoms. The van der Waals surface area contributed by atoms with Crippen LogP contribution in [0.25, 0.3) is 22.5 Å². The summed E-state index contributed by atoms with van der Waals surface area (Å²) in [6.45, 7) is 2.30. The minimum absolute atomic E-state index is 0.233. The molecule has 0 spiro atoms. The van der Waals surface area contributed by atoms with E-state index in [0.717, 1.165) is 33.7 Å². The van der Waals surface area contributed by atoms with E-state index >= 15 is 0 Å². The lowest BCUT2D eigenvalue weighted by Gasteiger charge is -2.35. The van der Waals surface area contributed by atoms with Gasteiger partial charge in [-0.2, -0.15) is 10.2 Å². The molecular weight excluding hydrogens is 522 g/mol. The number of carboxylic acids is 1. The number of pyridine rings is 1. The summed E-state index contributed by atoms with van der Waals surface area (Å²) >= 11 is 0. The Morgan fingerprint density at radius 2 is 1.85 bits per heavy atom. The number of hydrogen-bond acceptors (Lipinski definition) is 8. The summed E-state index contributed by atoms with van der Waals surface area (Å²) in [4.78, 5) is 43.8. The number of aliphatic carboxylic acids is 1. The number of nitrogens with one attached hydrogen (secondary N) is 1. The molecule has 1 saturated heterocycles. The molecule has 2 aromatic carbocycles. The maximum atomic E-state index is 14.1. The number of aromatic nitrogens is 5. The molecule has 11 heteroatoms. The van der Waals surface area contributed by atoms with E-state index in [1.165, 1.54) is 11.2 Å². The van der Waals surface area contributed by atoms with Crippen molar-refractivity contribution in [3.8, 4) is 22.5 Å². The molecule has 3 heterocycles. The van der Waals surface area contributed by atoms with Crippen LogP contribution in [0.15, 0.2) is 73.1 Å². The standard InChI is InChI=1S/C30H31N7O4/c1-2-7-22(18-20-12-14-21(15-13-20)24-9-3-4-10-25(24)27-32-34-35-33-27)28(38)37(29(39)23-8-5-16-31-19-23)36-17-6-11-26(36)30(40)41/h3-5,8-10,12-16,19,22,26H,2,6-7,11,17-18H2,1H3,(H,40,41)(H,32,33,34,35)/t22-,26-/m0/s1. The molecule has 41 heavy (non-hydrogen) atoms. The number of amides is 2. The van der Waals surface area contributed by atoms with Crippen molar-refractivity contribution in [1.29, 1.82) is 0 Å². The second-order valence-electron chi connectivity index (χ2n) is 10.0. The number of H-pyrrole nitrogens is 1. The number of hydrogen-bond donors (Lipinski definition) is 2. The molecule has 210 valence electrons. The molecule has 11 nitrogen and oxygen atoms in total. The van der Waals surface area contributed by atoms with Crippen LogP contribution in [0.2, 0.25) is 0 Å². The third-order valence-electron chi connectivity index (χ3n) is 7.32. The van der Waals surface area contributed by atoms with Crippen molar-refractivity contribution in [2.24, 2.45) is 5.92 Å². The molecule has 0 radical (unpaired) electrons.